The minimum absolute atomic E-state index is 0.698. The van der Waals surface area contributed by atoms with E-state index in [0.717, 1.165) is 19.8 Å². The van der Waals surface area contributed by atoms with Crippen LogP contribution >= 0.6 is 0 Å². The summed E-state index contributed by atoms with van der Waals surface area (Å²) in [6.07, 6.45) is 2.52. The van der Waals surface area contributed by atoms with Crippen molar-refractivity contribution in [2.75, 3.05) is 31.7 Å². The summed E-state index contributed by atoms with van der Waals surface area (Å²) in [7, 11) is 2.16. The van der Waals surface area contributed by atoms with Crippen LogP contribution in [0.1, 0.15) is 12.8 Å². The number of anilines is 1. The molecule has 0 aromatic heterocycles. The van der Waals surface area contributed by atoms with Crippen LogP contribution in [-0.4, -0.2) is 26.8 Å². The zero-order valence-electron chi connectivity index (χ0n) is 9.36. The first-order valence-corrected chi connectivity index (χ1v) is 5.70. The SMILES string of the molecule is CN(CC1CCCOC1)c1ccccc1. The Hall–Kier alpha value is -1.02. The highest BCUT2D eigenvalue weighted by Crippen LogP contribution is 2.18. The molecule has 0 amide bonds. The van der Waals surface area contributed by atoms with Crippen LogP contribution in [0, 0.1) is 5.92 Å². The second-order valence-electron chi connectivity index (χ2n) is 4.30. The monoisotopic (exact) mass is 205 g/mol. The van der Waals surface area contributed by atoms with Crippen molar-refractivity contribution in [2.24, 2.45) is 5.92 Å². The van der Waals surface area contributed by atoms with Crippen LogP contribution in [0.3, 0.4) is 0 Å². The predicted octanol–water partition coefficient (Wildman–Crippen LogP) is 2.55. The summed E-state index contributed by atoms with van der Waals surface area (Å²) in [5.41, 5.74) is 1.29. The molecule has 15 heavy (non-hydrogen) atoms. The van der Waals surface area contributed by atoms with Crippen LogP contribution in [0.5, 0.6) is 0 Å². The van der Waals surface area contributed by atoms with E-state index in [9.17, 15) is 0 Å². The van der Waals surface area contributed by atoms with E-state index in [0.29, 0.717) is 5.92 Å². The molecule has 2 nitrogen and oxygen atoms in total. The van der Waals surface area contributed by atoms with Crippen LogP contribution in [0.2, 0.25) is 0 Å². The van der Waals surface area contributed by atoms with E-state index in [2.05, 4.69) is 42.3 Å². The molecule has 1 fully saturated rings. The number of hydrogen-bond donors (Lipinski definition) is 0. The van der Waals surface area contributed by atoms with Crippen LogP contribution in [-0.2, 0) is 4.74 Å². The van der Waals surface area contributed by atoms with Gasteiger partial charge in [0.1, 0.15) is 0 Å². The minimum atomic E-state index is 0.698. The molecule has 1 unspecified atom stereocenters. The molecule has 1 heterocycles. The summed E-state index contributed by atoms with van der Waals surface area (Å²) in [5, 5.41) is 0. The van der Waals surface area contributed by atoms with Crippen LogP contribution in [0.15, 0.2) is 30.3 Å². The Labute approximate surface area is 91.9 Å². The molecular formula is C13H19NO. The third-order valence-electron chi connectivity index (χ3n) is 2.98. The van der Waals surface area contributed by atoms with Gasteiger partial charge in [-0.3, -0.25) is 0 Å². The number of nitrogens with zero attached hydrogens (tertiary/aromatic N) is 1. The highest BCUT2D eigenvalue weighted by Gasteiger charge is 2.15. The molecular weight excluding hydrogens is 186 g/mol. The van der Waals surface area contributed by atoms with E-state index in [4.69, 9.17) is 4.74 Å². The second-order valence-corrected chi connectivity index (χ2v) is 4.30. The van der Waals surface area contributed by atoms with E-state index in [1.54, 1.807) is 0 Å². The fourth-order valence-corrected chi connectivity index (χ4v) is 2.13. The second kappa shape index (κ2) is 5.17. The quantitative estimate of drug-likeness (QED) is 0.752. The van der Waals surface area contributed by atoms with Gasteiger partial charge in [-0.25, -0.2) is 0 Å². The van der Waals surface area contributed by atoms with Gasteiger partial charge in [-0.15, -0.1) is 0 Å². The minimum Gasteiger partial charge on any atom is -0.381 e. The molecule has 1 aromatic rings. The summed E-state index contributed by atoms with van der Waals surface area (Å²) >= 11 is 0. The fourth-order valence-electron chi connectivity index (χ4n) is 2.13. The molecule has 2 heteroatoms. The number of rotatable bonds is 3. The van der Waals surface area contributed by atoms with E-state index in [1.165, 1.54) is 18.5 Å². The molecule has 1 aliphatic heterocycles. The van der Waals surface area contributed by atoms with Crippen molar-refractivity contribution in [1.29, 1.82) is 0 Å². The first-order chi connectivity index (χ1) is 7.36. The van der Waals surface area contributed by atoms with Gasteiger partial charge < -0.3 is 9.64 Å². The summed E-state index contributed by atoms with van der Waals surface area (Å²) in [5.74, 6) is 0.698. The van der Waals surface area contributed by atoms with Crippen LogP contribution in [0.4, 0.5) is 5.69 Å². The summed E-state index contributed by atoms with van der Waals surface area (Å²) in [4.78, 5) is 2.32. The van der Waals surface area contributed by atoms with Crippen molar-refractivity contribution in [2.45, 2.75) is 12.8 Å². The third-order valence-corrected chi connectivity index (χ3v) is 2.98. The molecule has 1 saturated heterocycles. The van der Waals surface area contributed by atoms with Gasteiger partial charge in [-0.05, 0) is 30.9 Å². The largest absolute Gasteiger partial charge is 0.381 e. The number of benzene rings is 1. The molecule has 1 atom stereocenters. The maximum absolute atomic E-state index is 5.49. The Kier molecular flexibility index (Phi) is 3.62. The van der Waals surface area contributed by atoms with Crippen molar-refractivity contribution < 1.29 is 4.74 Å². The van der Waals surface area contributed by atoms with Crippen molar-refractivity contribution in [3.05, 3.63) is 30.3 Å². The summed E-state index contributed by atoms with van der Waals surface area (Å²) in [6.45, 7) is 2.98. The van der Waals surface area contributed by atoms with Crippen molar-refractivity contribution in [1.82, 2.24) is 0 Å². The average Bonchev–Trinajstić information content (AvgIpc) is 2.31. The Balaban J connectivity index is 1.88. The van der Waals surface area contributed by atoms with Crippen molar-refractivity contribution in [3.8, 4) is 0 Å². The smallest absolute Gasteiger partial charge is 0.0511 e. The van der Waals surface area contributed by atoms with Gasteiger partial charge >= 0.3 is 0 Å². The standard InChI is InChI=1S/C13H19NO/c1-14(13-7-3-2-4-8-13)10-12-6-5-9-15-11-12/h2-4,7-8,12H,5-6,9-11H2,1H3. The van der Waals surface area contributed by atoms with Gasteiger partial charge in [-0.1, -0.05) is 18.2 Å². The third kappa shape index (κ3) is 2.96. The Bertz CT molecular complexity index is 280. The normalized spacial score (nSPS) is 21.3. The molecule has 0 radical (unpaired) electrons. The highest BCUT2D eigenvalue weighted by atomic mass is 16.5. The lowest BCUT2D eigenvalue weighted by atomic mass is 10.0. The maximum atomic E-state index is 5.49. The number of ether oxygens (including phenoxy) is 1. The maximum Gasteiger partial charge on any atom is 0.0511 e. The molecule has 0 bridgehead atoms. The molecule has 1 aromatic carbocycles. The van der Waals surface area contributed by atoms with Gasteiger partial charge in [-0.2, -0.15) is 0 Å². The Morgan fingerprint density at radius 1 is 1.33 bits per heavy atom. The predicted molar refractivity (Wildman–Crippen MR) is 63.3 cm³/mol. The van der Waals surface area contributed by atoms with Crippen LogP contribution in [0.25, 0.3) is 0 Å². The van der Waals surface area contributed by atoms with Crippen molar-refractivity contribution >= 4 is 5.69 Å². The molecule has 0 N–H and O–H groups in total. The lowest BCUT2D eigenvalue weighted by molar-refractivity contribution is 0.0576. The molecule has 0 aliphatic carbocycles. The zero-order valence-corrected chi connectivity index (χ0v) is 9.36. The molecule has 82 valence electrons. The molecule has 0 spiro atoms. The van der Waals surface area contributed by atoms with E-state index in [1.807, 2.05) is 0 Å². The fraction of sp³-hybridized carbons (Fsp3) is 0.538. The Morgan fingerprint density at radius 2 is 2.13 bits per heavy atom. The highest BCUT2D eigenvalue weighted by molar-refractivity contribution is 5.44. The zero-order chi connectivity index (χ0) is 10.5. The van der Waals surface area contributed by atoms with Gasteiger partial charge in [0.2, 0.25) is 0 Å². The lowest BCUT2D eigenvalue weighted by Gasteiger charge is -2.28. The summed E-state index contributed by atoms with van der Waals surface area (Å²) in [6, 6.07) is 10.5. The summed E-state index contributed by atoms with van der Waals surface area (Å²) < 4.78 is 5.49. The Morgan fingerprint density at radius 3 is 2.80 bits per heavy atom. The number of para-hydroxylation sites is 1. The molecule has 2 rings (SSSR count). The first-order valence-electron chi connectivity index (χ1n) is 5.70. The van der Waals surface area contributed by atoms with Gasteiger partial charge in [0, 0.05) is 25.9 Å². The van der Waals surface area contributed by atoms with Gasteiger partial charge in [0.15, 0.2) is 0 Å². The van der Waals surface area contributed by atoms with E-state index < -0.39 is 0 Å². The first kappa shape index (κ1) is 10.5. The van der Waals surface area contributed by atoms with Gasteiger partial charge in [0.05, 0.1) is 6.61 Å². The van der Waals surface area contributed by atoms with Crippen molar-refractivity contribution in [3.63, 3.8) is 0 Å². The topological polar surface area (TPSA) is 12.5 Å². The molecule has 0 saturated carbocycles. The number of hydrogen-bond acceptors (Lipinski definition) is 2. The van der Waals surface area contributed by atoms with Gasteiger partial charge in [0.25, 0.3) is 0 Å². The lowest BCUT2D eigenvalue weighted by Crippen LogP contribution is -2.30. The van der Waals surface area contributed by atoms with Crippen LogP contribution < -0.4 is 4.90 Å². The van der Waals surface area contributed by atoms with E-state index >= 15 is 0 Å². The average molecular weight is 205 g/mol. The van der Waals surface area contributed by atoms with E-state index in [-0.39, 0.29) is 0 Å². The molecule has 1 aliphatic rings.